The lowest BCUT2D eigenvalue weighted by atomic mass is 10.0. The van der Waals surface area contributed by atoms with Crippen molar-refractivity contribution in [3.63, 3.8) is 0 Å². The van der Waals surface area contributed by atoms with Gasteiger partial charge in [0.25, 0.3) is 0 Å². The summed E-state index contributed by atoms with van der Waals surface area (Å²) in [5.41, 5.74) is 0.430. The molecule has 1 rings (SSSR count). The zero-order valence-corrected chi connectivity index (χ0v) is 10.5. The highest BCUT2D eigenvalue weighted by atomic mass is 19.1. The van der Waals surface area contributed by atoms with E-state index in [4.69, 9.17) is 4.74 Å². The largest absolute Gasteiger partial charge is 0.494 e. The molecule has 17 heavy (non-hydrogen) atoms. The Morgan fingerprint density at radius 3 is 2.65 bits per heavy atom. The van der Waals surface area contributed by atoms with Crippen molar-refractivity contribution in [1.29, 1.82) is 0 Å². The molecule has 1 aromatic rings. The van der Waals surface area contributed by atoms with Crippen molar-refractivity contribution < 1.29 is 13.9 Å². The van der Waals surface area contributed by atoms with Gasteiger partial charge in [0.15, 0.2) is 17.3 Å². The van der Waals surface area contributed by atoms with Crippen molar-refractivity contribution in [1.82, 2.24) is 0 Å². The zero-order chi connectivity index (χ0) is 12.7. The lowest BCUT2D eigenvalue weighted by molar-refractivity contribution is 0.0978. The molecule has 0 aliphatic carbocycles. The predicted molar refractivity (Wildman–Crippen MR) is 66.0 cm³/mol. The van der Waals surface area contributed by atoms with E-state index < -0.39 is 5.82 Å². The number of ether oxygens (including phenoxy) is 1. The second-order valence-electron chi connectivity index (χ2n) is 4.08. The normalized spacial score (nSPS) is 10.3. The van der Waals surface area contributed by atoms with E-state index >= 15 is 0 Å². The number of benzene rings is 1. The third kappa shape index (κ3) is 4.17. The smallest absolute Gasteiger partial charge is 0.165 e. The number of Topliss-reactive ketones (excluding diaryl/α,β-unsaturated/α-hetero) is 1. The zero-order valence-electron chi connectivity index (χ0n) is 10.5. The van der Waals surface area contributed by atoms with Gasteiger partial charge in [0.1, 0.15) is 0 Å². The van der Waals surface area contributed by atoms with Crippen LogP contribution in [0.4, 0.5) is 4.39 Å². The van der Waals surface area contributed by atoms with E-state index in [1.54, 1.807) is 6.07 Å². The lowest BCUT2D eigenvalue weighted by Crippen LogP contribution is -2.00. The Bertz CT molecular complexity index is 374. The molecule has 0 atom stereocenters. The summed E-state index contributed by atoms with van der Waals surface area (Å²) < 4.78 is 18.2. The van der Waals surface area contributed by atoms with Gasteiger partial charge in [0, 0.05) is 12.0 Å². The number of carbonyl (C=O) groups is 1. The Labute approximate surface area is 102 Å². The van der Waals surface area contributed by atoms with E-state index in [0.29, 0.717) is 12.0 Å². The minimum absolute atomic E-state index is 0.00246. The Balaban J connectivity index is 2.54. The van der Waals surface area contributed by atoms with Crippen LogP contribution in [0.1, 0.15) is 49.4 Å². The molecule has 1 aromatic carbocycles. The number of carbonyl (C=O) groups excluding carboxylic acids is 1. The van der Waals surface area contributed by atoms with E-state index in [-0.39, 0.29) is 11.5 Å². The van der Waals surface area contributed by atoms with Crippen LogP contribution in [-0.4, -0.2) is 12.9 Å². The highest BCUT2D eigenvalue weighted by Gasteiger charge is 2.09. The molecule has 3 heteroatoms. The monoisotopic (exact) mass is 238 g/mol. The molecule has 0 N–H and O–H groups in total. The molecular formula is C14H19FO2. The number of methoxy groups -OCH3 is 1. The molecule has 0 unspecified atom stereocenters. The van der Waals surface area contributed by atoms with E-state index in [1.165, 1.54) is 19.2 Å². The lowest BCUT2D eigenvalue weighted by Gasteiger charge is -2.04. The molecule has 0 aromatic heterocycles. The first-order valence-electron chi connectivity index (χ1n) is 6.05. The third-order valence-electron chi connectivity index (χ3n) is 2.73. The molecule has 0 saturated heterocycles. The summed E-state index contributed by atoms with van der Waals surface area (Å²) >= 11 is 0. The fourth-order valence-corrected chi connectivity index (χ4v) is 1.70. The molecule has 0 radical (unpaired) electrons. The number of halogens is 1. The maximum atomic E-state index is 13.4. The summed E-state index contributed by atoms with van der Waals surface area (Å²) in [5.74, 6) is -0.304. The van der Waals surface area contributed by atoms with E-state index in [9.17, 15) is 9.18 Å². The Morgan fingerprint density at radius 1 is 1.29 bits per heavy atom. The van der Waals surface area contributed by atoms with Crippen molar-refractivity contribution in [2.75, 3.05) is 7.11 Å². The van der Waals surface area contributed by atoms with Crippen LogP contribution in [0.15, 0.2) is 18.2 Å². The first-order valence-corrected chi connectivity index (χ1v) is 6.05. The van der Waals surface area contributed by atoms with Crippen LogP contribution >= 0.6 is 0 Å². The molecule has 0 amide bonds. The molecule has 0 heterocycles. The van der Waals surface area contributed by atoms with Crippen LogP contribution in [0.2, 0.25) is 0 Å². The van der Waals surface area contributed by atoms with Gasteiger partial charge in [-0.3, -0.25) is 4.79 Å². The van der Waals surface area contributed by atoms with Crippen LogP contribution < -0.4 is 4.74 Å². The van der Waals surface area contributed by atoms with Gasteiger partial charge in [-0.1, -0.05) is 26.2 Å². The first-order chi connectivity index (χ1) is 8.19. The number of hydrogen-bond acceptors (Lipinski definition) is 2. The molecule has 0 saturated carbocycles. The second-order valence-corrected chi connectivity index (χ2v) is 4.08. The summed E-state index contributed by atoms with van der Waals surface area (Å²) in [6, 6.07) is 4.36. The predicted octanol–water partition coefficient (Wildman–Crippen LogP) is 3.99. The molecule has 0 aliphatic heterocycles. The summed E-state index contributed by atoms with van der Waals surface area (Å²) in [4.78, 5) is 11.8. The number of hydrogen-bond donors (Lipinski definition) is 0. The van der Waals surface area contributed by atoms with Crippen molar-refractivity contribution in [2.24, 2.45) is 0 Å². The molecule has 94 valence electrons. The van der Waals surface area contributed by atoms with Crippen LogP contribution in [-0.2, 0) is 0 Å². The molecule has 0 spiro atoms. The fourth-order valence-electron chi connectivity index (χ4n) is 1.70. The topological polar surface area (TPSA) is 26.3 Å². The molecule has 0 bridgehead atoms. The maximum Gasteiger partial charge on any atom is 0.165 e. The van der Waals surface area contributed by atoms with Crippen LogP contribution in [0, 0.1) is 5.82 Å². The number of unbranched alkanes of at least 4 members (excludes halogenated alkanes) is 3. The van der Waals surface area contributed by atoms with E-state index in [2.05, 4.69) is 6.92 Å². The van der Waals surface area contributed by atoms with Crippen molar-refractivity contribution >= 4 is 5.78 Å². The minimum Gasteiger partial charge on any atom is -0.494 e. The van der Waals surface area contributed by atoms with Gasteiger partial charge in [-0.15, -0.1) is 0 Å². The Morgan fingerprint density at radius 2 is 2.06 bits per heavy atom. The fraction of sp³-hybridized carbons (Fsp3) is 0.500. The molecular weight excluding hydrogens is 219 g/mol. The number of ketones is 1. The van der Waals surface area contributed by atoms with E-state index in [1.807, 2.05) is 0 Å². The van der Waals surface area contributed by atoms with Gasteiger partial charge in [0.05, 0.1) is 7.11 Å². The Hall–Kier alpha value is -1.38. The summed E-state index contributed by atoms with van der Waals surface area (Å²) in [7, 11) is 1.41. The van der Waals surface area contributed by atoms with Gasteiger partial charge in [-0.05, 0) is 24.6 Å². The first kappa shape index (κ1) is 13.7. The summed E-state index contributed by atoms with van der Waals surface area (Å²) in [6.45, 7) is 2.13. The molecule has 0 aliphatic rings. The Kier molecular flexibility index (Phi) is 5.67. The quantitative estimate of drug-likeness (QED) is 0.530. The van der Waals surface area contributed by atoms with E-state index in [0.717, 1.165) is 25.7 Å². The SMILES string of the molecule is CCCCCCC(=O)c1ccc(OC)c(F)c1. The van der Waals surface area contributed by atoms with Gasteiger partial charge >= 0.3 is 0 Å². The van der Waals surface area contributed by atoms with Gasteiger partial charge in [-0.2, -0.15) is 0 Å². The number of rotatable bonds is 7. The average Bonchev–Trinajstić information content (AvgIpc) is 2.34. The van der Waals surface area contributed by atoms with Gasteiger partial charge in [0.2, 0.25) is 0 Å². The van der Waals surface area contributed by atoms with Gasteiger partial charge in [-0.25, -0.2) is 4.39 Å². The average molecular weight is 238 g/mol. The summed E-state index contributed by atoms with van der Waals surface area (Å²) in [5, 5.41) is 0. The third-order valence-corrected chi connectivity index (χ3v) is 2.73. The van der Waals surface area contributed by atoms with Crippen molar-refractivity contribution in [3.05, 3.63) is 29.6 Å². The van der Waals surface area contributed by atoms with Crippen molar-refractivity contribution in [3.8, 4) is 5.75 Å². The van der Waals surface area contributed by atoms with Crippen LogP contribution in [0.3, 0.4) is 0 Å². The maximum absolute atomic E-state index is 13.4. The highest BCUT2D eigenvalue weighted by Crippen LogP contribution is 2.19. The standard InChI is InChI=1S/C14H19FO2/c1-3-4-5-6-7-13(16)11-8-9-14(17-2)12(15)10-11/h8-10H,3-7H2,1-2H3. The van der Waals surface area contributed by atoms with Gasteiger partial charge < -0.3 is 4.74 Å². The van der Waals surface area contributed by atoms with Crippen molar-refractivity contribution in [2.45, 2.75) is 39.0 Å². The molecule has 2 nitrogen and oxygen atoms in total. The van der Waals surface area contributed by atoms with Crippen LogP contribution in [0.5, 0.6) is 5.75 Å². The second kappa shape index (κ2) is 7.05. The summed E-state index contributed by atoms with van der Waals surface area (Å²) in [6.07, 6.45) is 4.71. The molecule has 0 fully saturated rings. The minimum atomic E-state index is -0.480. The van der Waals surface area contributed by atoms with Crippen LogP contribution in [0.25, 0.3) is 0 Å². The highest BCUT2D eigenvalue weighted by molar-refractivity contribution is 5.96.